The molecule has 0 radical (unpaired) electrons. The molecule has 184 valence electrons. The van der Waals surface area contributed by atoms with Gasteiger partial charge >= 0.3 is 0 Å². The number of halogens is 2. The Bertz CT molecular complexity index is 1090. The van der Waals surface area contributed by atoms with E-state index in [1.165, 1.54) is 35.2 Å². The zero-order valence-electron chi connectivity index (χ0n) is 19.8. The van der Waals surface area contributed by atoms with E-state index in [1.54, 1.807) is 18.2 Å². The summed E-state index contributed by atoms with van der Waals surface area (Å²) in [5, 5.41) is 2.92. The summed E-state index contributed by atoms with van der Waals surface area (Å²) >= 11 is 0. The number of ether oxygens (including phenoxy) is 1. The topological polar surface area (TPSA) is 58.6 Å². The fraction of sp³-hybridized carbons (Fsp3) is 0.286. The summed E-state index contributed by atoms with van der Waals surface area (Å²) in [5.74, 6) is -1.79. The molecule has 0 spiro atoms. The Morgan fingerprint density at radius 1 is 0.914 bits per heavy atom. The third kappa shape index (κ3) is 7.91. The van der Waals surface area contributed by atoms with Gasteiger partial charge in [-0.2, -0.15) is 0 Å². The SMILES string of the molecule is CCCCNC(=O)[C@@H](Cc1ccccc1)N(Cc1ccc(F)cc1)C(=O)COc1ccccc1F. The lowest BCUT2D eigenvalue weighted by molar-refractivity contribution is -0.142. The molecule has 0 bridgehead atoms. The average molecular weight is 481 g/mol. The number of benzene rings is 3. The van der Waals surface area contributed by atoms with Gasteiger partial charge in [0.25, 0.3) is 5.91 Å². The van der Waals surface area contributed by atoms with E-state index in [0.29, 0.717) is 12.1 Å². The molecule has 3 aromatic carbocycles. The second-order valence-electron chi connectivity index (χ2n) is 8.22. The Balaban J connectivity index is 1.88. The van der Waals surface area contributed by atoms with Gasteiger partial charge in [0.1, 0.15) is 11.9 Å². The van der Waals surface area contributed by atoms with Gasteiger partial charge < -0.3 is 15.0 Å². The lowest BCUT2D eigenvalue weighted by Crippen LogP contribution is -2.51. The molecule has 1 N–H and O–H groups in total. The second kappa shape index (κ2) is 13.2. The van der Waals surface area contributed by atoms with Crippen LogP contribution in [-0.2, 0) is 22.6 Å². The maximum Gasteiger partial charge on any atom is 0.261 e. The first-order chi connectivity index (χ1) is 17.0. The predicted octanol–water partition coefficient (Wildman–Crippen LogP) is 4.90. The van der Waals surface area contributed by atoms with E-state index in [2.05, 4.69) is 5.32 Å². The molecule has 0 aliphatic carbocycles. The Kier molecular flexibility index (Phi) is 9.78. The maximum atomic E-state index is 14.0. The molecule has 0 aliphatic heterocycles. The fourth-order valence-corrected chi connectivity index (χ4v) is 3.63. The van der Waals surface area contributed by atoms with Crippen LogP contribution in [0.15, 0.2) is 78.9 Å². The van der Waals surface area contributed by atoms with E-state index in [-0.39, 0.29) is 24.6 Å². The van der Waals surface area contributed by atoms with Crippen molar-refractivity contribution < 1.29 is 23.1 Å². The first-order valence-electron chi connectivity index (χ1n) is 11.7. The normalized spacial score (nSPS) is 11.5. The number of rotatable bonds is 12. The summed E-state index contributed by atoms with van der Waals surface area (Å²) in [6, 6.07) is 20.1. The third-order valence-corrected chi connectivity index (χ3v) is 5.55. The number of carbonyl (C=O) groups excluding carboxylic acids is 2. The number of hydrogen-bond acceptors (Lipinski definition) is 3. The number of para-hydroxylation sites is 1. The van der Waals surface area contributed by atoms with Gasteiger partial charge in [-0.1, -0.05) is 67.9 Å². The zero-order valence-corrected chi connectivity index (χ0v) is 19.8. The van der Waals surface area contributed by atoms with Crippen molar-refractivity contribution >= 4 is 11.8 Å². The molecule has 3 aromatic rings. The summed E-state index contributed by atoms with van der Waals surface area (Å²) in [5.41, 5.74) is 1.54. The van der Waals surface area contributed by atoms with Crippen molar-refractivity contribution in [3.63, 3.8) is 0 Å². The summed E-state index contributed by atoms with van der Waals surface area (Å²) in [6.45, 7) is 2.14. The summed E-state index contributed by atoms with van der Waals surface area (Å²) in [6.07, 6.45) is 2.01. The minimum Gasteiger partial charge on any atom is -0.481 e. The highest BCUT2D eigenvalue weighted by atomic mass is 19.1. The molecule has 7 heteroatoms. The van der Waals surface area contributed by atoms with Crippen LogP contribution in [0.4, 0.5) is 8.78 Å². The van der Waals surface area contributed by atoms with Gasteiger partial charge in [0.15, 0.2) is 18.2 Å². The van der Waals surface area contributed by atoms with Crippen molar-refractivity contribution in [2.24, 2.45) is 0 Å². The van der Waals surface area contributed by atoms with E-state index < -0.39 is 30.2 Å². The quantitative estimate of drug-likeness (QED) is 0.375. The molecular weight excluding hydrogens is 450 g/mol. The van der Waals surface area contributed by atoms with E-state index in [9.17, 15) is 18.4 Å². The molecule has 0 heterocycles. The van der Waals surface area contributed by atoms with E-state index in [0.717, 1.165) is 18.4 Å². The highest BCUT2D eigenvalue weighted by Crippen LogP contribution is 2.18. The number of unbranched alkanes of at least 4 members (excludes halogenated alkanes) is 1. The number of nitrogens with one attached hydrogen (secondary N) is 1. The molecule has 0 unspecified atom stereocenters. The fourth-order valence-electron chi connectivity index (χ4n) is 3.63. The predicted molar refractivity (Wildman–Crippen MR) is 131 cm³/mol. The average Bonchev–Trinajstić information content (AvgIpc) is 2.87. The number of hydrogen-bond donors (Lipinski definition) is 1. The number of nitrogens with zero attached hydrogens (tertiary/aromatic N) is 1. The highest BCUT2D eigenvalue weighted by Gasteiger charge is 2.30. The van der Waals surface area contributed by atoms with Crippen molar-refractivity contribution in [3.05, 3.63) is 102 Å². The lowest BCUT2D eigenvalue weighted by atomic mass is 10.0. The first kappa shape index (κ1) is 25.9. The van der Waals surface area contributed by atoms with Gasteiger partial charge in [0.05, 0.1) is 0 Å². The van der Waals surface area contributed by atoms with E-state index >= 15 is 0 Å². The van der Waals surface area contributed by atoms with Gasteiger partial charge in [-0.25, -0.2) is 8.78 Å². The second-order valence-corrected chi connectivity index (χ2v) is 8.22. The van der Waals surface area contributed by atoms with Crippen LogP contribution in [0.3, 0.4) is 0 Å². The molecule has 1 atom stereocenters. The molecule has 0 fully saturated rings. The molecule has 0 saturated carbocycles. The Labute approximate surface area is 204 Å². The van der Waals surface area contributed by atoms with Crippen LogP contribution >= 0.6 is 0 Å². The minimum atomic E-state index is -0.837. The summed E-state index contributed by atoms with van der Waals surface area (Å²) < 4.78 is 33.0. The summed E-state index contributed by atoms with van der Waals surface area (Å²) in [4.78, 5) is 28.1. The van der Waals surface area contributed by atoms with Gasteiger partial charge in [-0.3, -0.25) is 9.59 Å². The largest absolute Gasteiger partial charge is 0.481 e. The van der Waals surface area contributed by atoms with Gasteiger partial charge in [0, 0.05) is 19.5 Å². The Morgan fingerprint density at radius 3 is 2.29 bits per heavy atom. The molecule has 2 amide bonds. The van der Waals surface area contributed by atoms with E-state index in [1.807, 2.05) is 37.3 Å². The van der Waals surface area contributed by atoms with Crippen LogP contribution in [0.25, 0.3) is 0 Å². The van der Waals surface area contributed by atoms with Crippen LogP contribution < -0.4 is 10.1 Å². The van der Waals surface area contributed by atoms with Crippen molar-refractivity contribution in [1.82, 2.24) is 10.2 Å². The number of amides is 2. The van der Waals surface area contributed by atoms with Crippen LogP contribution in [0.5, 0.6) is 5.75 Å². The Hall–Kier alpha value is -3.74. The molecule has 0 aliphatic rings. The van der Waals surface area contributed by atoms with Crippen molar-refractivity contribution in [3.8, 4) is 5.75 Å². The van der Waals surface area contributed by atoms with Crippen LogP contribution in [0, 0.1) is 11.6 Å². The molecule has 0 saturated heterocycles. The molecule has 5 nitrogen and oxygen atoms in total. The van der Waals surface area contributed by atoms with Crippen molar-refractivity contribution in [2.75, 3.05) is 13.2 Å². The molecular formula is C28H30F2N2O3. The zero-order chi connectivity index (χ0) is 25.0. The molecule has 35 heavy (non-hydrogen) atoms. The van der Waals surface area contributed by atoms with E-state index in [4.69, 9.17) is 4.74 Å². The third-order valence-electron chi connectivity index (χ3n) is 5.55. The van der Waals surface area contributed by atoms with Gasteiger partial charge in [0.2, 0.25) is 5.91 Å². The van der Waals surface area contributed by atoms with Crippen LogP contribution in [-0.4, -0.2) is 35.9 Å². The first-order valence-corrected chi connectivity index (χ1v) is 11.7. The number of carbonyl (C=O) groups is 2. The summed E-state index contributed by atoms with van der Waals surface area (Å²) in [7, 11) is 0. The standard InChI is InChI=1S/C28H30F2N2O3/c1-2-3-17-31-28(34)25(18-21-9-5-4-6-10-21)32(19-22-13-15-23(29)16-14-22)27(33)20-35-26-12-8-7-11-24(26)30/h4-16,25H,2-3,17-20H2,1H3,(H,31,34)/t25-/m1/s1. The Morgan fingerprint density at radius 2 is 1.60 bits per heavy atom. The van der Waals surface area contributed by atoms with Crippen molar-refractivity contribution in [1.29, 1.82) is 0 Å². The molecule has 0 aromatic heterocycles. The monoisotopic (exact) mass is 480 g/mol. The minimum absolute atomic E-state index is 0.0467. The van der Waals surface area contributed by atoms with Crippen LogP contribution in [0.1, 0.15) is 30.9 Å². The molecule has 3 rings (SSSR count). The van der Waals surface area contributed by atoms with Crippen molar-refractivity contribution in [2.45, 2.75) is 38.8 Å². The maximum absolute atomic E-state index is 14.0. The highest BCUT2D eigenvalue weighted by molar-refractivity contribution is 5.88. The smallest absolute Gasteiger partial charge is 0.261 e. The van der Waals surface area contributed by atoms with Gasteiger partial charge in [-0.15, -0.1) is 0 Å². The lowest BCUT2D eigenvalue weighted by Gasteiger charge is -2.31. The van der Waals surface area contributed by atoms with Gasteiger partial charge in [-0.05, 0) is 41.8 Å². The van der Waals surface area contributed by atoms with Crippen LogP contribution in [0.2, 0.25) is 0 Å².